The van der Waals surface area contributed by atoms with Crippen LogP contribution in [0.1, 0.15) is 54.6 Å². The van der Waals surface area contributed by atoms with E-state index in [1.165, 1.54) is 6.92 Å². The Morgan fingerprint density at radius 2 is 2.00 bits per heavy atom. The van der Waals surface area contributed by atoms with Crippen LogP contribution in [0, 0.1) is 12.3 Å². The summed E-state index contributed by atoms with van der Waals surface area (Å²) in [5.41, 5.74) is 1.54. The number of fused-ring (bicyclic) bond motifs is 1. The van der Waals surface area contributed by atoms with Crippen molar-refractivity contribution in [3.05, 3.63) is 22.6 Å². The van der Waals surface area contributed by atoms with Crippen molar-refractivity contribution < 1.29 is 14.0 Å². The van der Waals surface area contributed by atoms with Crippen molar-refractivity contribution in [3.63, 3.8) is 0 Å². The van der Waals surface area contributed by atoms with Crippen LogP contribution in [0.25, 0.3) is 0 Å². The Morgan fingerprint density at radius 1 is 1.35 bits per heavy atom. The maximum Gasteiger partial charge on any atom is 0.167 e. The molecule has 1 aliphatic rings. The molecule has 0 amide bonds. The summed E-state index contributed by atoms with van der Waals surface area (Å²) in [7, 11) is 0. The summed E-state index contributed by atoms with van der Waals surface area (Å²) in [5.74, 6) is 1.63. The van der Waals surface area contributed by atoms with E-state index >= 15 is 0 Å². The van der Waals surface area contributed by atoms with Gasteiger partial charge >= 0.3 is 0 Å². The lowest BCUT2D eigenvalue weighted by Gasteiger charge is -2.27. The number of hydrogen-bond acceptors (Lipinski definition) is 3. The second-order valence-corrected chi connectivity index (χ2v) is 5.77. The van der Waals surface area contributed by atoms with Crippen LogP contribution in [-0.2, 0) is 17.6 Å². The molecule has 0 spiro atoms. The van der Waals surface area contributed by atoms with Gasteiger partial charge in [-0.1, -0.05) is 13.8 Å². The minimum atomic E-state index is -0.0398. The summed E-state index contributed by atoms with van der Waals surface area (Å²) in [4.78, 5) is 23.2. The van der Waals surface area contributed by atoms with Gasteiger partial charge in [0.2, 0.25) is 0 Å². The number of Topliss-reactive ketones (excluding diaryl/α,β-unsaturated/α-hetero) is 2. The van der Waals surface area contributed by atoms with Gasteiger partial charge in [0.25, 0.3) is 0 Å². The third-order valence-electron chi connectivity index (χ3n) is 3.29. The molecule has 0 N–H and O–H groups in total. The lowest BCUT2D eigenvalue weighted by atomic mass is 9.76. The van der Waals surface area contributed by atoms with Crippen molar-refractivity contribution in [2.45, 2.75) is 47.0 Å². The van der Waals surface area contributed by atoms with Crippen molar-refractivity contribution in [2.24, 2.45) is 5.41 Å². The van der Waals surface area contributed by atoms with Crippen LogP contribution < -0.4 is 0 Å². The topological polar surface area (TPSA) is 47.3 Å². The van der Waals surface area contributed by atoms with Crippen LogP contribution in [0.15, 0.2) is 4.42 Å². The number of ketones is 2. The molecule has 0 aliphatic heterocycles. The summed E-state index contributed by atoms with van der Waals surface area (Å²) in [6.07, 6.45) is 1.61. The van der Waals surface area contributed by atoms with Crippen LogP contribution >= 0.6 is 0 Å². The standard InChI is InChI=1S/C14H18O3/c1-8(15)5-11-9(2)13-10(16)6-14(3,4)7-12(13)17-11/h5-7H2,1-4H3. The van der Waals surface area contributed by atoms with E-state index in [4.69, 9.17) is 4.42 Å². The highest BCUT2D eigenvalue weighted by atomic mass is 16.3. The molecule has 17 heavy (non-hydrogen) atoms. The fraction of sp³-hybridized carbons (Fsp3) is 0.571. The van der Waals surface area contributed by atoms with E-state index in [1.807, 2.05) is 6.92 Å². The van der Waals surface area contributed by atoms with Crippen LogP contribution in [0.4, 0.5) is 0 Å². The molecule has 0 radical (unpaired) electrons. The van der Waals surface area contributed by atoms with Gasteiger partial charge in [-0.05, 0) is 19.3 Å². The molecule has 3 nitrogen and oxygen atoms in total. The van der Waals surface area contributed by atoms with Gasteiger partial charge in [0.1, 0.15) is 17.3 Å². The Bertz CT molecular complexity index is 492. The lowest BCUT2D eigenvalue weighted by molar-refractivity contribution is -0.116. The summed E-state index contributed by atoms with van der Waals surface area (Å²) < 4.78 is 5.71. The van der Waals surface area contributed by atoms with Crippen molar-refractivity contribution in [1.29, 1.82) is 0 Å². The van der Waals surface area contributed by atoms with Crippen molar-refractivity contribution in [1.82, 2.24) is 0 Å². The first-order chi connectivity index (χ1) is 7.80. The molecule has 2 rings (SSSR count). The summed E-state index contributed by atoms with van der Waals surface area (Å²) in [5, 5.41) is 0. The molecule has 0 aromatic carbocycles. The predicted molar refractivity (Wildman–Crippen MR) is 64.3 cm³/mol. The molecule has 3 heteroatoms. The minimum absolute atomic E-state index is 0.0398. The van der Waals surface area contributed by atoms with Gasteiger partial charge in [0, 0.05) is 18.4 Å². The zero-order chi connectivity index (χ0) is 12.8. The Balaban J connectivity index is 2.46. The predicted octanol–water partition coefficient (Wildman–Crippen LogP) is 2.87. The first-order valence-corrected chi connectivity index (χ1v) is 5.94. The highest BCUT2D eigenvalue weighted by Gasteiger charge is 2.35. The smallest absolute Gasteiger partial charge is 0.167 e. The average molecular weight is 234 g/mol. The maximum atomic E-state index is 12.1. The normalized spacial score (nSPS) is 18.0. The van der Waals surface area contributed by atoms with E-state index in [0.717, 1.165) is 23.3 Å². The van der Waals surface area contributed by atoms with Crippen molar-refractivity contribution >= 4 is 11.6 Å². The first kappa shape index (κ1) is 12.1. The average Bonchev–Trinajstić information content (AvgIpc) is 2.39. The van der Waals surface area contributed by atoms with E-state index in [9.17, 15) is 9.59 Å². The molecule has 1 aromatic rings. The van der Waals surface area contributed by atoms with Crippen LogP contribution in [0.2, 0.25) is 0 Å². The Hall–Kier alpha value is -1.38. The number of carbonyl (C=O) groups excluding carboxylic acids is 2. The van der Waals surface area contributed by atoms with Gasteiger partial charge in [0.15, 0.2) is 5.78 Å². The molecule has 1 aromatic heterocycles. The molecule has 0 saturated heterocycles. The third-order valence-corrected chi connectivity index (χ3v) is 3.29. The van der Waals surface area contributed by atoms with Gasteiger partial charge in [-0.25, -0.2) is 0 Å². The van der Waals surface area contributed by atoms with Gasteiger partial charge in [-0.3, -0.25) is 9.59 Å². The number of rotatable bonds is 2. The quantitative estimate of drug-likeness (QED) is 0.790. The highest BCUT2D eigenvalue weighted by Crippen LogP contribution is 2.38. The fourth-order valence-electron chi connectivity index (χ4n) is 2.53. The maximum absolute atomic E-state index is 12.1. The van der Waals surface area contributed by atoms with E-state index in [-0.39, 0.29) is 23.4 Å². The molecule has 0 saturated carbocycles. The van der Waals surface area contributed by atoms with Gasteiger partial charge in [-0.2, -0.15) is 0 Å². The molecule has 1 heterocycles. The molecule has 92 valence electrons. The second kappa shape index (κ2) is 3.83. The number of furan rings is 1. The molecule has 0 atom stereocenters. The third kappa shape index (κ3) is 2.19. The fourth-order valence-corrected chi connectivity index (χ4v) is 2.53. The molecular formula is C14H18O3. The Kier molecular flexibility index (Phi) is 2.72. The molecular weight excluding hydrogens is 216 g/mol. The van der Waals surface area contributed by atoms with Gasteiger partial charge in [-0.15, -0.1) is 0 Å². The van der Waals surface area contributed by atoms with E-state index < -0.39 is 0 Å². The minimum Gasteiger partial charge on any atom is -0.465 e. The highest BCUT2D eigenvalue weighted by molar-refractivity contribution is 6.00. The van der Waals surface area contributed by atoms with Crippen LogP contribution in [-0.4, -0.2) is 11.6 Å². The second-order valence-electron chi connectivity index (χ2n) is 5.77. The summed E-state index contributed by atoms with van der Waals surface area (Å²) >= 11 is 0. The Morgan fingerprint density at radius 3 is 2.59 bits per heavy atom. The summed E-state index contributed by atoms with van der Waals surface area (Å²) in [6, 6.07) is 0. The Labute approximate surface area is 101 Å². The zero-order valence-corrected chi connectivity index (χ0v) is 10.8. The van der Waals surface area contributed by atoms with Crippen molar-refractivity contribution in [2.75, 3.05) is 0 Å². The lowest BCUT2D eigenvalue weighted by Crippen LogP contribution is -2.26. The summed E-state index contributed by atoms with van der Waals surface area (Å²) in [6.45, 7) is 7.54. The largest absolute Gasteiger partial charge is 0.465 e. The molecule has 0 unspecified atom stereocenters. The van der Waals surface area contributed by atoms with E-state index in [2.05, 4.69) is 13.8 Å². The van der Waals surface area contributed by atoms with Gasteiger partial charge in [0.05, 0.1) is 12.0 Å². The first-order valence-electron chi connectivity index (χ1n) is 5.94. The van der Waals surface area contributed by atoms with Crippen LogP contribution in [0.3, 0.4) is 0 Å². The monoisotopic (exact) mass is 234 g/mol. The van der Waals surface area contributed by atoms with Gasteiger partial charge < -0.3 is 4.42 Å². The van der Waals surface area contributed by atoms with Crippen LogP contribution in [0.5, 0.6) is 0 Å². The molecule has 1 aliphatic carbocycles. The molecule has 0 bridgehead atoms. The molecule has 0 fully saturated rings. The number of hydrogen-bond donors (Lipinski definition) is 0. The van der Waals surface area contributed by atoms with E-state index in [1.54, 1.807) is 0 Å². The zero-order valence-electron chi connectivity index (χ0n) is 10.8. The van der Waals surface area contributed by atoms with E-state index in [0.29, 0.717) is 12.2 Å². The SMILES string of the molecule is CC(=O)Cc1oc2c(c1C)C(=O)CC(C)(C)C2. The number of carbonyl (C=O) groups is 2. The van der Waals surface area contributed by atoms with Crippen molar-refractivity contribution in [3.8, 4) is 0 Å².